The fourth-order valence-corrected chi connectivity index (χ4v) is 3.75. The smallest absolute Gasteiger partial charge is 0.319 e. The molecule has 0 radical (unpaired) electrons. The molecule has 0 spiro atoms. The number of hydrogen-bond donors (Lipinski definition) is 2. The number of likely N-dealkylation sites (N-methyl/N-ethyl adjacent to an activating group) is 1. The SMILES string of the molecule is Cc1cccc(NC(=O)NCC(=O)N(CCC(C)C)c2ccccc2OCC(=O)N(C)c2ccccc2)c1. The molecule has 8 nitrogen and oxygen atoms in total. The van der Waals surface area contributed by atoms with Crippen molar-refractivity contribution in [2.75, 3.05) is 41.9 Å². The summed E-state index contributed by atoms with van der Waals surface area (Å²) in [7, 11) is 1.69. The molecule has 0 fully saturated rings. The van der Waals surface area contributed by atoms with Gasteiger partial charge < -0.3 is 25.2 Å². The Hall–Kier alpha value is -4.33. The second-order valence-electron chi connectivity index (χ2n) is 9.45. The van der Waals surface area contributed by atoms with Crippen LogP contribution in [0.4, 0.5) is 21.9 Å². The average Bonchev–Trinajstić information content (AvgIpc) is 2.91. The summed E-state index contributed by atoms with van der Waals surface area (Å²) in [6, 6.07) is 23.4. The van der Waals surface area contributed by atoms with Crippen molar-refractivity contribution in [2.24, 2.45) is 5.92 Å². The Bertz CT molecular complexity index is 1230. The first kappa shape index (κ1) is 28.2. The maximum absolute atomic E-state index is 13.3. The third kappa shape index (κ3) is 8.37. The first-order valence-corrected chi connectivity index (χ1v) is 12.7. The van der Waals surface area contributed by atoms with Crippen LogP contribution in [0, 0.1) is 12.8 Å². The monoisotopic (exact) mass is 516 g/mol. The molecule has 2 N–H and O–H groups in total. The van der Waals surface area contributed by atoms with Crippen molar-refractivity contribution in [1.29, 1.82) is 0 Å². The van der Waals surface area contributed by atoms with E-state index in [0.717, 1.165) is 17.7 Å². The fraction of sp³-hybridized carbons (Fsp3) is 0.300. The number of benzene rings is 3. The minimum atomic E-state index is -0.466. The third-order valence-electron chi connectivity index (χ3n) is 5.93. The van der Waals surface area contributed by atoms with E-state index in [0.29, 0.717) is 29.6 Å². The Morgan fingerprint density at radius 1 is 0.895 bits per heavy atom. The van der Waals surface area contributed by atoms with Crippen LogP contribution in [-0.4, -0.2) is 44.6 Å². The fourth-order valence-electron chi connectivity index (χ4n) is 3.75. The van der Waals surface area contributed by atoms with E-state index in [2.05, 4.69) is 24.5 Å². The van der Waals surface area contributed by atoms with Gasteiger partial charge in [0.15, 0.2) is 6.61 Å². The number of rotatable bonds is 11. The average molecular weight is 517 g/mol. The molecule has 0 atom stereocenters. The van der Waals surface area contributed by atoms with Gasteiger partial charge in [-0.25, -0.2) is 4.79 Å². The van der Waals surface area contributed by atoms with E-state index in [1.807, 2.05) is 61.5 Å². The van der Waals surface area contributed by atoms with Gasteiger partial charge in [0.25, 0.3) is 5.91 Å². The van der Waals surface area contributed by atoms with Crippen molar-refractivity contribution in [2.45, 2.75) is 27.2 Å². The number of anilines is 3. The van der Waals surface area contributed by atoms with Gasteiger partial charge in [-0.05, 0) is 61.2 Å². The van der Waals surface area contributed by atoms with E-state index in [4.69, 9.17) is 4.74 Å². The zero-order chi connectivity index (χ0) is 27.5. The molecule has 0 unspecified atom stereocenters. The highest BCUT2D eigenvalue weighted by Crippen LogP contribution is 2.29. The van der Waals surface area contributed by atoms with Crippen molar-refractivity contribution in [1.82, 2.24) is 5.32 Å². The molecule has 0 aromatic heterocycles. The number of carbonyl (C=O) groups excluding carboxylic acids is 3. The normalized spacial score (nSPS) is 10.6. The summed E-state index contributed by atoms with van der Waals surface area (Å²) in [6.07, 6.45) is 0.755. The molecule has 3 rings (SSSR count). The van der Waals surface area contributed by atoms with Gasteiger partial charge in [0.1, 0.15) is 5.75 Å². The Kier molecular flexibility index (Phi) is 10.3. The van der Waals surface area contributed by atoms with Gasteiger partial charge in [-0.15, -0.1) is 0 Å². The van der Waals surface area contributed by atoms with Gasteiger partial charge >= 0.3 is 6.03 Å². The van der Waals surface area contributed by atoms with Crippen molar-refractivity contribution in [3.63, 3.8) is 0 Å². The Labute approximate surface area is 224 Å². The molecular formula is C30H36N4O4. The van der Waals surface area contributed by atoms with Crippen LogP contribution in [0.2, 0.25) is 0 Å². The summed E-state index contributed by atoms with van der Waals surface area (Å²) in [5, 5.41) is 5.40. The predicted octanol–water partition coefficient (Wildman–Crippen LogP) is 5.24. The van der Waals surface area contributed by atoms with Gasteiger partial charge in [-0.2, -0.15) is 0 Å². The zero-order valence-corrected chi connectivity index (χ0v) is 22.4. The molecule has 0 aliphatic rings. The Morgan fingerprint density at radius 2 is 1.61 bits per heavy atom. The molecule has 0 saturated carbocycles. The van der Waals surface area contributed by atoms with E-state index in [1.54, 1.807) is 36.2 Å². The van der Waals surface area contributed by atoms with E-state index in [-0.39, 0.29) is 25.0 Å². The number of carbonyl (C=O) groups is 3. The number of aryl methyl sites for hydroxylation is 1. The van der Waals surface area contributed by atoms with Crippen LogP contribution in [0.5, 0.6) is 5.75 Å². The summed E-state index contributed by atoms with van der Waals surface area (Å²) in [5.74, 6) is 0.273. The van der Waals surface area contributed by atoms with E-state index < -0.39 is 6.03 Å². The number of nitrogens with one attached hydrogen (secondary N) is 2. The molecule has 3 aromatic rings. The highest BCUT2D eigenvalue weighted by Gasteiger charge is 2.21. The number of ether oxygens (including phenoxy) is 1. The summed E-state index contributed by atoms with van der Waals surface area (Å²) < 4.78 is 5.91. The van der Waals surface area contributed by atoms with Crippen molar-refractivity contribution >= 4 is 34.9 Å². The summed E-state index contributed by atoms with van der Waals surface area (Å²) >= 11 is 0. The predicted molar refractivity (Wildman–Crippen MR) is 152 cm³/mol. The van der Waals surface area contributed by atoms with Crippen LogP contribution in [0.15, 0.2) is 78.9 Å². The molecular weight excluding hydrogens is 480 g/mol. The zero-order valence-electron chi connectivity index (χ0n) is 22.4. The van der Waals surface area contributed by atoms with Gasteiger partial charge in [-0.1, -0.05) is 56.3 Å². The van der Waals surface area contributed by atoms with Crippen LogP contribution in [0.25, 0.3) is 0 Å². The molecule has 8 heteroatoms. The highest BCUT2D eigenvalue weighted by atomic mass is 16.5. The number of para-hydroxylation sites is 3. The molecule has 0 heterocycles. The molecule has 3 aromatic carbocycles. The lowest BCUT2D eigenvalue weighted by Gasteiger charge is -2.26. The van der Waals surface area contributed by atoms with Crippen LogP contribution in [0.3, 0.4) is 0 Å². The molecule has 0 saturated heterocycles. The topological polar surface area (TPSA) is 91.0 Å². The number of amides is 4. The Morgan fingerprint density at radius 3 is 2.32 bits per heavy atom. The summed E-state index contributed by atoms with van der Waals surface area (Å²) in [6.45, 7) is 6.15. The van der Waals surface area contributed by atoms with Crippen LogP contribution in [0.1, 0.15) is 25.8 Å². The second kappa shape index (κ2) is 13.8. The molecule has 0 aliphatic heterocycles. The van der Waals surface area contributed by atoms with E-state index in [1.165, 1.54) is 4.90 Å². The quantitative estimate of drug-likeness (QED) is 0.365. The summed E-state index contributed by atoms with van der Waals surface area (Å²) in [4.78, 5) is 41.6. The van der Waals surface area contributed by atoms with Crippen molar-refractivity contribution in [3.8, 4) is 5.75 Å². The second-order valence-corrected chi connectivity index (χ2v) is 9.45. The largest absolute Gasteiger partial charge is 0.482 e. The molecule has 200 valence electrons. The van der Waals surface area contributed by atoms with Crippen LogP contribution < -0.4 is 25.2 Å². The van der Waals surface area contributed by atoms with Crippen LogP contribution >= 0.6 is 0 Å². The van der Waals surface area contributed by atoms with Crippen LogP contribution in [-0.2, 0) is 9.59 Å². The third-order valence-corrected chi connectivity index (χ3v) is 5.93. The molecule has 4 amide bonds. The standard InChI is InChI=1S/C30H36N4O4/c1-22(2)17-18-34(28(35)20-31-30(37)32-24-12-10-11-23(3)19-24)26-15-8-9-16-27(26)38-21-29(36)33(4)25-13-6-5-7-14-25/h5-16,19,22H,17-18,20-21H2,1-4H3,(H2,31,32,37). The lowest BCUT2D eigenvalue weighted by molar-refractivity contribution is -0.120. The minimum Gasteiger partial charge on any atom is -0.482 e. The highest BCUT2D eigenvalue weighted by molar-refractivity contribution is 5.99. The number of hydrogen-bond acceptors (Lipinski definition) is 4. The minimum absolute atomic E-state index is 0.189. The summed E-state index contributed by atoms with van der Waals surface area (Å²) in [5.41, 5.74) is 2.98. The maximum Gasteiger partial charge on any atom is 0.319 e. The van der Waals surface area contributed by atoms with Gasteiger partial charge in [0, 0.05) is 25.0 Å². The maximum atomic E-state index is 13.3. The van der Waals surface area contributed by atoms with E-state index >= 15 is 0 Å². The number of urea groups is 1. The van der Waals surface area contributed by atoms with E-state index in [9.17, 15) is 14.4 Å². The first-order chi connectivity index (χ1) is 18.2. The first-order valence-electron chi connectivity index (χ1n) is 12.7. The van der Waals surface area contributed by atoms with Gasteiger partial charge in [0.2, 0.25) is 5.91 Å². The lowest BCUT2D eigenvalue weighted by atomic mass is 10.1. The molecule has 38 heavy (non-hydrogen) atoms. The molecule has 0 bridgehead atoms. The Balaban J connectivity index is 1.69. The number of nitrogens with zero attached hydrogens (tertiary/aromatic N) is 2. The van der Waals surface area contributed by atoms with Crippen molar-refractivity contribution < 1.29 is 19.1 Å². The molecule has 0 aliphatic carbocycles. The van der Waals surface area contributed by atoms with Gasteiger partial charge in [0.05, 0.1) is 12.2 Å². The lowest BCUT2D eigenvalue weighted by Crippen LogP contribution is -2.42. The van der Waals surface area contributed by atoms with Crippen molar-refractivity contribution in [3.05, 3.63) is 84.4 Å². The van der Waals surface area contributed by atoms with Gasteiger partial charge in [-0.3, -0.25) is 9.59 Å².